The van der Waals surface area contributed by atoms with Gasteiger partial charge in [0.05, 0.1) is 5.25 Å². The summed E-state index contributed by atoms with van der Waals surface area (Å²) in [5.41, 5.74) is 5.28. The van der Waals surface area contributed by atoms with Crippen molar-refractivity contribution in [1.29, 1.82) is 0 Å². The number of carbonyl (C=O) groups is 2. The maximum Gasteiger partial charge on any atom is 0.269 e. The molecule has 2 rings (SSSR count). The first-order chi connectivity index (χ1) is 10.5. The van der Waals surface area contributed by atoms with E-state index in [1.165, 1.54) is 11.8 Å². The van der Waals surface area contributed by atoms with E-state index < -0.39 is 5.25 Å². The highest BCUT2D eigenvalue weighted by atomic mass is 32.2. The minimum atomic E-state index is -0.418. The number of carbonyl (C=O) groups excluding carboxylic acids is 2. The van der Waals surface area contributed by atoms with Crippen LogP contribution < -0.4 is 10.9 Å². The maximum absolute atomic E-state index is 12.0. The van der Waals surface area contributed by atoms with Crippen LogP contribution in [-0.4, -0.2) is 31.8 Å². The van der Waals surface area contributed by atoms with Gasteiger partial charge in [0, 0.05) is 12.6 Å². The van der Waals surface area contributed by atoms with Crippen molar-refractivity contribution in [2.75, 3.05) is 0 Å². The van der Waals surface area contributed by atoms with Crippen LogP contribution in [0, 0.1) is 6.92 Å². The van der Waals surface area contributed by atoms with E-state index in [2.05, 4.69) is 21.0 Å². The van der Waals surface area contributed by atoms with Gasteiger partial charge in [-0.1, -0.05) is 30.0 Å². The van der Waals surface area contributed by atoms with E-state index in [1.54, 1.807) is 35.8 Å². The zero-order valence-electron chi connectivity index (χ0n) is 12.5. The highest BCUT2D eigenvalue weighted by Crippen LogP contribution is 2.20. The van der Waals surface area contributed by atoms with Gasteiger partial charge in [-0.25, -0.2) is 0 Å². The second-order valence-corrected chi connectivity index (χ2v) is 5.97. The van der Waals surface area contributed by atoms with E-state index in [1.807, 2.05) is 20.0 Å². The molecule has 0 aliphatic rings. The third kappa shape index (κ3) is 3.85. The highest BCUT2D eigenvalue weighted by Gasteiger charge is 2.18. The molecule has 0 bridgehead atoms. The lowest BCUT2D eigenvalue weighted by atomic mass is 10.2. The predicted octanol–water partition coefficient (Wildman–Crippen LogP) is 1.07. The standard InChI is InChI=1S/C14H17N5O2S/c1-9(22-14-18-15-10(2)19(14)3)12(20)16-17-13(21)11-7-5-4-6-8-11/h4-9H,1-3H3,(H,16,20)(H,17,21)/t9-/m0/s1. The molecule has 0 spiro atoms. The monoisotopic (exact) mass is 319 g/mol. The number of nitrogens with one attached hydrogen (secondary N) is 2. The number of amides is 2. The molecule has 1 heterocycles. The van der Waals surface area contributed by atoms with Crippen LogP contribution in [-0.2, 0) is 11.8 Å². The van der Waals surface area contributed by atoms with Crippen molar-refractivity contribution >= 4 is 23.6 Å². The number of thioether (sulfide) groups is 1. The summed E-state index contributed by atoms with van der Waals surface area (Å²) in [6.07, 6.45) is 0. The molecule has 2 aromatic rings. The lowest BCUT2D eigenvalue weighted by Gasteiger charge is -2.12. The van der Waals surface area contributed by atoms with Crippen molar-refractivity contribution < 1.29 is 9.59 Å². The van der Waals surface area contributed by atoms with Gasteiger partial charge in [-0.05, 0) is 26.0 Å². The van der Waals surface area contributed by atoms with E-state index in [0.717, 1.165) is 5.82 Å². The summed E-state index contributed by atoms with van der Waals surface area (Å²) in [6.45, 7) is 3.57. The first kappa shape index (κ1) is 16.0. The number of aromatic nitrogens is 3. The van der Waals surface area contributed by atoms with Crippen molar-refractivity contribution in [3.8, 4) is 0 Å². The van der Waals surface area contributed by atoms with Gasteiger partial charge in [-0.2, -0.15) is 0 Å². The van der Waals surface area contributed by atoms with Crippen molar-refractivity contribution in [3.05, 3.63) is 41.7 Å². The molecule has 1 atom stereocenters. The van der Waals surface area contributed by atoms with Crippen molar-refractivity contribution in [2.45, 2.75) is 24.3 Å². The van der Waals surface area contributed by atoms with Crippen LogP contribution in [0.1, 0.15) is 23.1 Å². The molecule has 0 aliphatic heterocycles. The minimum Gasteiger partial charge on any atom is -0.309 e. The quantitative estimate of drug-likeness (QED) is 0.650. The lowest BCUT2D eigenvalue weighted by molar-refractivity contribution is -0.121. The van der Waals surface area contributed by atoms with Gasteiger partial charge in [0.1, 0.15) is 5.82 Å². The Morgan fingerprint density at radius 3 is 2.45 bits per heavy atom. The van der Waals surface area contributed by atoms with Crippen LogP contribution in [0.2, 0.25) is 0 Å². The third-order valence-electron chi connectivity index (χ3n) is 3.04. The zero-order chi connectivity index (χ0) is 16.1. The first-order valence-electron chi connectivity index (χ1n) is 6.67. The molecule has 7 nitrogen and oxygen atoms in total. The molecule has 0 aliphatic carbocycles. The molecular weight excluding hydrogens is 302 g/mol. The highest BCUT2D eigenvalue weighted by molar-refractivity contribution is 8.00. The Kier molecular flexibility index (Phi) is 5.16. The summed E-state index contributed by atoms with van der Waals surface area (Å²) in [5, 5.41) is 8.15. The molecule has 116 valence electrons. The topological polar surface area (TPSA) is 88.9 Å². The third-order valence-corrected chi connectivity index (χ3v) is 4.17. The molecule has 1 aromatic heterocycles. The number of benzene rings is 1. The molecule has 8 heteroatoms. The van der Waals surface area contributed by atoms with Crippen LogP contribution in [0.15, 0.2) is 35.5 Å². The molecule has 1 aromatic carbocycles. The normalized spacial score (nSPS) is 11.8. The van der Waals surface area contributed by atoms with Crippen LogP contribution in [0.25, 0.3) is 0 Å². The van der Waals surface area contributed by atoms with E-state index >= 15 is 0 Å². The minimum absolute atomic E-state index is 0.310. The average Bonchev–Trinajstić information content (AvgIpc) is 2.85. The maximum atomic E-state index is 12.0. The number of nitrogens with zero attached hydrogens (tertiary/aromatic N) is 3. The molecule has 2 amide bonds. The fourth-order valence-electron chi connectivity index (χ4n) is 1.58. The van der Waals surface area contributed by atoms with Crippen LogP contribution >= 0.6 is 11.8 Å². The lowest BCUT2D eigenvalue weighted by Crippen LogP contribution is -2.44. The fraction of sp³-hybridized carbons (Fsp3) is 0.286. The molecule has 0 saturated heterocycles. The van der Waals surface area contributed by atoms with Crippen molar-refractivity contribution in [1.82, 2.24) is 25.6 Å². The van der Waals surface area contributed by atoms with Crippen LogP contribution in [0.5, 0.6) is 0 Å². The second-order valence-electron chi connectivity index (χ2n) is 4.66. The Bertz CT molecular complexity index is 671. The summed E-state index contributed by atoms with van der Waals surface area (Å²) >= 11 is 1.27. The van der Waals surface area contributed by atoms with Gasteiger partial charge in [0.15, 0.2) is 5.16 Å². The van der Waals surface area contributed by atoms with Gasteiger partial charge < -0.3 is 4.57 Å². The summed E-state index contributed by atoms with van der Waals surface area (Å²) in [6, 6.07) is 8.66. The molecular formula is C14H17N5O2S. The van der Waals surface area contributed by atoms with Gasteiger partial charge in [0.25, 0.3) is 11.8 Å². The van der Waals surface area contributed by atoms with Crippen LogP contribution in [0.3, 0.4) is 0 Å². The average molecular weight is 319 g/mol. The molecule has 0 fully saturated rings. The number of aryl methyl sites for hydroxylation is 1. The SMILES string of the molecule is Cc1nnc(S[C@@H](C)C(=O)NNC(=O)c2ccccc2)n1C. The number of hydrogen-bond acceptors (Lipinski definition) is 5. The Labute approximate surface area is 132 Å². The number of hydrazine groups is 1. The molecule has 0 saturated carbocycles. The van der Waals surface area contributed by atoms with Gasteiger partial charge in [0.2, 0.25) is 0 Å². The zero-order valence-corrected chi connectivity index (χ0v) is 13.3. The van der Waals surface area contributed by atoms with E-state index in [4.69, 9.17) is 0 Å². The van der Waals surface area contributed by atoms with Crippen molar-refractivity contribution in [3.63, 3.8) is 0 Å². The molecule has 22 heavy (non-hydrogen) atoms. The van der Waals surface area contributed by atoms with Crippen molar-refractivity contribution in [2.24, 2.45) is 7.05 Å². The summed E-state index contributed by atoms with van der Waals surface area (Å²) in [7, 11) is 1.83. The largest absolute Gasteiger partial charge is 0.309 e. The Balaban J connectivity index is 1.87. The molecule has 0 unspecified atom stereocenters. The van der Waals surface area contributed by atoms with Gasteiger partial charge in [-0.3, -0.25) is 20.4 Å². The fourth-order valence-corrected chi connectivity index (χ4v) is 2.44. The van der Waals surface area contributed by atoms with Gasteiger partial charge >= 0.3 is 0 Å². The van der Waals surface area contributed by atoms with E-state index in [9.17, 15) is 9.59 Å². The number of hydrogen-bond donors (Lipinski definition) is 2. The number of rotatable bonds is 4. The predicted molar refractivity (Wildman–Crippen MR) is 83.1 cm³/mol. The van der Waals surface area contributed by atoms with E-state index in [0.29, 0.717) is 10.7 Å². The molecule has 0 radical (unpaired) electrons. The first-order valence-corrected chi connectivity index (χ1v) is 7.55. The van der Waals surface area contributed by atoms with Crippen LogP contribution in [0.4, 0.5) is 0 Å². The Hall–Kier alpha value is -2.35. The Morgan fingerprint density at radius 1 is 1.18 bits per heavy atom. The summed E-state index contributed by atoms with van der Waals surface area (Å²) < 4.78 is 1.80. The Morgan fingerprint density at radius 2 is 1.86 bits per heavy atom. The smallest absolute Gasteiger partial charge is 0.269 e. The summed E-state index contributed by atoms with van der Waals surface area (Å²) in [5.74, 6) is 0.100. The second kappa shape index (κ2) is 7.08. The van der Waals surface area contributed by atoms with Gasteiger partial charge in [-0.15, -0.1) is 10.2 Å². The summed E-state index contributed by atoms with van der Waals surface area (Å²) in [4.78, 5) is 23.8. The molecule has 2 N–H and O–H groups in total. The van der Waals surface area contributed by atoms with E-state index in [-0.39, 0.29) is 11.8 Å².